The number of hydrogen-bond acceptors (Lipinski definition) is 3. The van der Waals surface area contributed by atoms with Crippen LogP contribution in [0.2, 0.25) is 5.02 Å². The Morgan fingerprint density at radius 3 is 2.95 bits per heavy atom. The Bertz CT molecular complexity index is 527. The molecular formula is C14H18ClN3O. The molecule has 1 aromatic heterocycles. The van der Waals surface area contributed by atoms with E-state index < -0.39 is 0 Å². The Labute approximate surface area is 118 Å². The van der Waals surface area contributed by atoms with Gasteiger partial charge >= 0.3 is 0 Å². The highest BCUT2D eigenvalue weighted by Gasteiger charge is 2.12. The van der Waals surface area contributed by atoms with Crippen molar-refractivity contribution in [3.8, 4) is 5.75 Å². The second-order valence-electron chi connectivity index (χ2n) is 4.24. The Hall–Kier alpha value is -1.52. The monoisotopic (exact) mass is 279 g/mol. The highest BCUT2D eigenvalue weighted by Crippen LogP contribution is 2.19. The van der Waals surface area contributed by atoms with Gasteiger partial charge in [0.1, 0.15) is 12.4 Å². The van der Waals surface area contributed by atoms with E-state index in [0.29, 0.717) is 11.6 Å². The Kier molecular flexibility index (Phi) is 4.82. The number of nitrogens with zero attached hydrogens (tertiary/aromatic N) is 2. The molecule has 5 heteroatoms. The van der Waals surface area contributed by atoms with Crippen molar-refractivity contribution in [3.05, 3.63) is 47.2 Å². The van der Waals surface area contributed by atoms with Gasteiger partial charge in [-0.15, -0.1) is 0 Å². The molecule has 1 aromatic carbocycles. The van der Waals surface area contributed by atoms with Crippen LogP contribution in [0.4, 0.5) is 0 Å². The van der Waals surface area contributed by atoms with E-state index >= 15 is 0 Å². The first kappa shape index (κ1) is 13.9. The lowest BCUT2D eigenvalue weighted by Crippen LogP contribution is -2.22. The van der Waals surface area contributed by atoms with Gasteiger partial charge in [-0.25, -0.2) is 0 Å². The van der Waals surface area contributed by atoms with Crippen LogP contribution in [0.5, 0.6) is 5.75 Å². The van der Waals surface area contributed by atoms with Crippen molar-refractivity contribution in [2.75, 3.05) is 13.7 Å². The van der Waals surface area contributed by atoms with Crippen LogP contribution in [0.15, 0.2) is 36.7 Å². The van der Waals surface area contributed by atoms with Crippen LogP contribution in [0.25, 0.3) is 0 Å². The van der Waals surface area contributed by atoms with Crippen molar-refractivity contribution < 1.29 is 4.74 Å². The van der Waals surface area contributed by atoms with Gasteiger partial charge in [-0.2, -0.15) is 5.10 Å². The van der Waals surface area contributed by atoms with Gasteiger partial charge in [0.25, 0.3) is 0 Å². The van der Waals surface area contributed by atoms with Crippen LogP contribution in [0.1, 0.15) is 18.5 Å². The molecule has 0 bridgehead atoms. The zero-order valence-electron chi connectivity index (χ0n) is 11.1. The normalized spacial score (nSPS) is 12.4. The number of halogens is 1. The maximum Gasteiger partial charge on any atom is 0.120 e. The smallest absolute Gasteiger partial charge is 0.120 e. The molecule has 0 aliphatic rings. The second-order valence-corrected chi connectivity index (χ2v) is 4.68. The molecule has 0 amide bonds. The number of nitrogens with one attached hydrogen (secondary N) is 1. The summed E-state index contributed by atoms with van der Waals surface area (Å²) in [6.45, 7) is 3.46. The van der Waals surface area contributed by atoms with Crippen LogP contribution in [-0.2, 0) is 6.54 Å². The lowest BCUT2D eigenvalue weighted by Gasteiger charge is -2.15. The predicted molar refractivity (Wildman–Crippen MR) is 76.6 cm³/mol. The van der Waals surface area contributed by atoms with E-state index in [-0.39, 0.29) is 6.04 Å². The van der Waals surface area contributed by atoms with Crippen LogP contribution < -0.4 is 10.1 Å². The average Bonchev–Trinajstić information content (AvgIpc) is 2.88. The molecule has 19 heavy (non-hydrogen) atoms. The summed E-state index contributed by atoms with van der Waals surface area (Å²) >= 11 is 5.92. The fraction of sp³-hybridized carbons (Fsp3) is 0.357. The number of hydrogen-bond donors (Lipinski definition) is 1. The third kappa shape index (κ3) is 3.72. The van der Waals surface area contributed by atoms with E-state index in [1.54, 1.807) is 0 Å². The van der Waals surface area contributed by atoms with Gasteiger partial charge in [-0.1, -0.05) is 17.7 Å². The molecule has 2 aromatic rings. The minimum atomic E-state index is 0.110. The standard InChI is InChI=1S/C14H18ClN3O/c1-3-18-9-11(8-17-18)14(16-2)10-19-13-6-4-5-12(15)7-13/h4-9,14,16H,3,10H2,1-2H3. The number of aromatic nitrogens is 2. The topological polar surface area (TPSA) is 39.1 Å². The summed E-state index contributed by atoms with van der Waals surface area (Å²) in [5.74, 6) is 0.774. The summed E-state index contributed by atoms with van der Waals surface area (Å²) in [6.07, 6.45) is 3.90. The molecule has 0 aliphatic carbocycles. The van der Waals surface area contributed by atoms with Crippen molar-refractivity contribution in [2.24, 2.45) is 0 Å². The first-order valence-corrected chi connectivity index (χ1v) is 6.68. The quantitative estimate of drug-likeness (QED) is 0.884. The van der Waals surface area contributed by atoms with Crippen molar-refractivity contribution in [2.45, 2.75) is 19.5 Å². The van der Waals surface area contributed by atoms with E-state index in [2.05, 4.69) is 17.3 Å². The fourth-order valence-corrected chi connectivity index (χ4v) is 2.00. The summed E-state index contributed by atoms with van der Waals surface area (Å²) in [4.78, 5) is 0. The molecule has 102 valence electrons. The molecule has 0 spiro atoms. The van der Waals surface area contributed by atoms with E-state index in [1.807, 2.05) is 48.4 Å². The first-order valence-electron chi connectivity index (χ1n) is 6.31. The molecule has 0 fully saturated rings. The fourth-order valence-electron chi connectivity index (χ4n) is 1.82. The lowest BCUT2D eigenvalue weighted by molar-refractivity contribution is 0.273. The number of aryl methyl sites for hydroxylation is 1. The zero-order valence-corrected chi connectivity index (χ0v) is 11.9. The number of ether oxygens (including phenoxy) is 1. The minimum Gasteiger partial charge on any atom is -0.492 e. The van der Waals surface area contributed by atoms with E-state index in [0.717, 1.165) is 17.9 Å². The van der Waals surface area contributed by atoms with Crippen LogP contribution in [-0.4, -0.2) is 23.4 Å². The number of likely N-dealkylation sites (N-methyl/N-ethyl adjacent to an activating group) is 1. The average molecular weight is 280 g/mol. The maximum atomic E-state index is 5.92. The van der Waals surface area contributed by atoms with Crippen LogP contribution in [0.3, 0.4) is 0 Å². The molecule has 0 saturated heterocycles. The molecule has 1 N–H and O–H groups in total. The number of rotatable bonds is 6. The predicted octanol–water partition coefficient (Wildman–Crippen LogP) is 2.90. The van der Waals surface area contributed by atoms with Crippen LogP contribution >= 0.6 is 11.6 Å². The molecule has 2 rings (SSSR count). The summed E-state index contributed by atoms with van der Waals surface area (Å²) in [7, 11) is 1.91. The lowest BCUT2D eigenvalue weighted by atomic mass is 10.2. The highest BCUT2D eigenvalue weighted by atomic mass is 35.5. The van der Waals surface area contributed by atoms with E-state index in [4.69, 9.17) is 16.3 Å². The first-order chi connectivity index (χ1) is 9.22. The summed E-state index contributed by atoms with van der Waals surface area (Å²) in [6, 6.07) is 7.52. The van der Waals surface area contributed by atoms with Gasteiger partial charge in [0.05, 0.1) is 12.2 Å². The van der Waals surface area contributed by atoms with Gasteiger partial charge in [0, 0.05) is 23.3 Å². The molecule has 1 heterocycles. The molecule has 0 aliphatic heterocycles. The maximum absolute atomic E-state index is 5.92. The molecule has 1 atom stereocenters. The van der Waals surface area contributed by atoms with Gasteiger partial charge in [0.15, 0.2) is 0 Å². The van der Waals surface area contributed by atoms with Gasteiger partial charge in [-0.05, 0) is 32.2 Å². The minimum absolute atomic E-state index is 0.110. The van der Waals surface area contributed by atoms with E-state index in [9.17, 15) is 0 Å². The third-order valence-corrected chi connectivity index (χ3v) is 3.18. The number of benzene rings is 1. The van der Waals surface area contributed by atoms with Crippen LogP contribution in [0, 0.1) is 0 Å². The summed E-state index contributed by atoms with van der Waals surface area (Å²) in [5.41, 5.74) is 1.12. The Morgan fingerprint density at radius 2 is 2.32 bits per heavy atom. The van der Waals surface area contributed by atoms with Gasteiger partial charge in [-0.3, -0.25) is 4.68 Å². The molecular weight excluding hydrogens is 262 g/mol. The van der Waals surface area contributed by atoms with Crippen molar-refractivity contribution in [1.82, 2.24) is 15.1 Å². The molecule has 1 unspecified atom stereocenters. The van der Waals surface area contributed by atoms with E-state index in [1.165, 1.54) is 0 Å². The van der Waals surface area contributed by atoms with Gasteiger partial charge in [0.2, 0.25) is 0 Å². The van der Waals surface area contributed by atoms with Gasteiger partial charge < -0.3 is 10.1 Å². The van der Waals surface area contributed by atoms with Crippen molar-refractivity contribution in [1.29, 1.82) is 0 Å². The summed E-state index contributed by atoms with van der Waals surface area (Å²) < 4.78 is 7.66. The largest absolute Gasteiger partial charge is 0.492 e. The Balaban J connectivity index is 1.99. The second kappa shape index (κ2) is 6.59. The van der Waals surface area contributed by atoms with Crippen molar-refractivity contribution >= 4 is 11.6 Å². The molecule has 0 radical (unpaired) electrons. The molecule has 0 saturated carbocycles. The Morgan fingerprint density at radius 1 is 1.47 bits per heavy atom. The highest BCUT2D eigenvalue weighted by molar-refractivity contribution is 6.30. The van der Waals surface area contributed by atoms with Crippen molar-refractivity contribution in [3.63, 3.8) is 0 Å². The molecule has 4 nitrogen and oxygen atoms in total. The summed E-state index contributed by atoms with van der Waals surface area (Å²) in [5, 5.41) is 8.18. The third-order valence-electron chi connectivity index (χ3n) is 2.94. The zero-order chi connectivity index (χ0) is 13.7. The SMILES string of the molecule is CCn1cc(C(COc2cccc(Cl)c2)NC)cn1.